The number of hydrogen-bond acceptors (Lipinski definition) is 0. The molecule has 544 valence electrons. The molecule has 0 bridgehead atoms. The Balaban J connectivity index is 0.000000123. The smallest absolute Gasteiger partial charge is 0.0159 e. The summed E-state index contributed by atoms with van der Waals surface area (Å²) in [5, 5.41) is 21.9. The van der Waals surface area contributed by atoms with Gasteiger partial charge in [0.15, 0.2) is 0 Å². The van der Waals surface area contributed by atoms with Crippen LogP contribution in [0.15, 0.2) is 267 Å². The van der Waals surface area contributed by atoms with Crippen molar-refractivity contribution in [2.24, 2.45) is 0 Å². The van der Waals surface area contributed by atoms with E-state index in [1.54, 1.807) is 0 Å². The topological polar surface area (TPSA) is 0 Å². The molecule has 4 aliphatic carbocycles. The zero-order chi connectivity index (χ0) is 76.7. The summed E-state index contributed by atoms with van der Waals surface area (Å²) in [6, 6.07) is 100. The van der Waals surface area contributed by atoms with E-state index in [1.165, 1.54) is 197 Å². The minimum Gasteiger partial charge on any atom is -0.0683 e. The normalized spacial score (nSPS) is 13.8. The van der Waals surface area contributed by atoms with Gasteiger partial charge >= 0.3 is 0 Å². The van der Waals surface area contributed by atoms with Crippen molar-refractivity contribution in [3.8, 4) is 44.5 Å². The third-order valence-electron chi connectivity index (χ3n) is 24.1. The summed E-state index contributed by atoms with van der Waals surface area (Å²) in [6.45, 7) is 43.8. The van der Waals surface area contributed by atoms with E-state index in [-0.39, 0.29) is 21.7 Å². The van der Waals surface area contributed by atoms with Crippen LogP contribution < -0.4 is 0 Å². The fraction of sp³-hybridized carbons (Fsp3) is 0.259. The standard InChI is InChI=1S/4C25H22.4C2H6/c1-4-16-8-7-9-17-12-13-18-14-21-19-10-5-6-11-22(19)25(2,3)23(21)15-20(18)24(16)17;1-4-16-8-7-10-19-18(16)13-12-17-14-22-20-9-5-6-11-23(20)25(2,3)24(22)15-21(17)19;1-4-16-9-12-19-17(13-16)10-11-18-14-22-20-7-5-6-8-23(20)25(2,3)24(22)15-21(18)19;1-4-16-9-10-17-11-12-18-14-22-19-7-5-6-8-23(19)25(2,3)24(22)15-21(18)20(17)13-16;4*1-2/h4*5-15H,4H2,1-3H3;4*1-2H3. The summed E-state index contributed by atoms with van der Waals surface area (Å²) in [6.07, 6.45) is 4.30. The van der Waals surface area contributed by atoms with Crippen molar-refractivity contribution in [2.75, 3.05) is 0 Å². The first-order valence-corrected chi connectivity index (χ1v) is 40.8. The van der Waals surface area contributed by atoms with Gasteiger partial charge in [-0.1, -0.05) is 357 Å². The van der Waals surface area contributed by atoms with Gasteiger partial charge in [-0.25, -0.2) is 0 Å². The molecule has 0 saturated carbocycles. The second kappa shape index (κ2) is 30.7. The van der Waals surface area contributed by atoms with Crippen molar-refractivity contribution in [3.05, 3.63) is 334 Å². The van der Waals surface area contributed by atoms with Gasteiger partial charge in [0.1, 0.15) is 0 Å². The molecule has 0 aliphatic heterocycles. The molecule has 0 radical (unpaired) electrons. The molecule has 0 fully saturated rings. The second-order valence-corrected chi connectivity index (χ2v) is 31.0. The number of hydrogen-bond donors (Lipinski definition) is 0. The van der Waals surface area contributed by atoms with Gasteiger partial charge in [0.2, 0.25) is 0 Å². The number of benzene rings is 16. The van der Waals surface area contributed by atoms with Gasteiger partial charge in [0, 0.05) is 21.7 Å². The first-order chi connectivity index (χ1) is 52.4. The van der Waals surface area contributed by atoms with Crippen molar-refractivity contribution >= 4 is 86.2 Å². The zero-order valence-electron chi connectivity index (χ0n) is 68.2. The van der Waals surface area contributed by atoms with Crippen LogP contribution in [0, 0.1) is 0 Å². The number of rotatable bonds is 4. The summed E-state index contributed by atoms with van der Waals surface area (Å²) < 4.78 is 0. The Morgan fingerprint density at radius 3 is 0.926 bits per heavy atom. The van der Waals surface area contributed by atoms with Crippen LogP contribution in [0.5, 0.6) is 0 Å². The minimum atomic E-state index is 0.0590. The van der Waals surface area contributed by atoms with E-state index < -0.39 is 0 Å². The van der Waals surface area contributed by atoms with Crippen LogP contribution in [0.25, 0.3) is 131 Å². The average Bonchev–Trinajstić information content (AvgIpc) is 1.56. The zero-order valence-corrected chi connectivity index (χ0v) is 68.2. The molecule has 108 heavy (non-hydrogen) atoms. The predicted molar refractivity (Wildman–Crippen MR) is 479 cm³/mol. The maximum atomic E-state index is 2.46. The highest BCUT2D eigenvalue weighted by Crippen LogP contribution is 2.55. The summed E-state index contributed by atoms with van der Waals surface area (Å²) in [5.74, 6) is 0. The largest absolute Gasteiger partial charge is 0.0683 e. The fourth-order valence-corrected chi connectivity index (χ4v) is 18.4. The predicted octanol–water partition coefficient (Wildman–Crippen LogP) is 31.6. The molecule has 0 amide bonds. The van der Waals surface area contributed by atoms with Crippen molar-refractivity contribution in [3.63, 3.8) is 0 Å². The van der Waals surface area contributed by atoms with Crippen LogP contribution in [0.4, 0.5) is 0 Å². The molecule has 0 nitrogen and oxygen atoms in total. The molecule has 20 rings (SSSR count). The SMILES string of the molecule is CC.CC.CC.CC.CCc1ccc2c(ccc3cc4c(cc32)C(C)(C)c2ccccc2-4)c1.CCc1ccc2ccc3cc4c(cc3c2c1)C(C)(C)c1ccccc1-4.CCc1cccc2c1ccc1cc3c(cc12)C(C)(C)c1ccccc1-3.CCc1cccc2ccc3cc4c(cc3c12)C(C)(C)c1ccccc1-4. The lowest BCUT2D eigenvalue weighted by atomic mass is 9.81. The molecule has 0 aromatic heterocycles. The quantitative estimate of drug-likeness (QED) is 0.154. The van der Waals surface area contributed by atoms with Gasteiger partial charge < -0.3 is 0 Å². The van der Waals surface area contributed by atoms with E-state index >= 15 is 0 Å². The van der Waals surface area contributed by atoms with Crippen molar-refractivity contribution in [1.29, 1.82) is 0 Å². The monoisotopic (exact) mass is 1410 g/mol. The van der Waals surface area contributed by atoms with Gasteiger partial charge in [-0.3, -0.25) is 0 Å². The van der Waals surface area contributed by atoms with Crippen molar-refractivity contribution in [2.45, 2.75) is 186 Å². The van der Waals surface area contributed by atoms with Gasteiger partial charge in [0.05, 0.1) is 0 Å². The molecule has 16 aromatic rings. The average molecular weight is 1410 g/mol. The lowest BCUT2D eigenvalue weighted by Crippen LogP contribution is -2.14. The Bertz CT molecular complexity index is 5960. The summed E-state index contributed by atoms with van der Waals surface area (Å²) in [7, 11) is 0. The van der Waals surface area contributed by atoms with Gasteiger partial charge in [-0.05, 0) is 272 Å². The Kier molecular flexibility index (Phi) is 21.5. The van der Waals surface area contributed by atoms with Crippen LogP contribution in [-0.2, 0) is 47.3 Å². The van der Waals surface area contributed by atoms with E-state index in [1.807, 2.05) is 55.4 Å². The highest BCUT2D eigenvalue weighted by Gasteiger charge is 2.39. The molecule has 0 N–H and O–H groups in total. The number of aryl methyl sites for hydroxylation is 4. The van der Waals surface area contributed by atoms with Crippen LogP contribution in [0.1, 0.15) is 205 Å². The third kappa shape index (κ3) is 12.7. The fourth-order valence-electron chi connectivity index (χ4n) is 18.4. The Hall–Kier alpha value is -10.4. The van der Waals surface area contributed by atoms with Crippen LogP contribution in [0.3, 0.4) is 0 Å². The summed E-state index contributed by atoms with van der Waals surface area (Å²) in [4.78, 5) is 0. The minimum absolute atomic E-state index is 0.0590. The second-order valence-electron chi connectivity index (χ2n) is 31.0. The molecule has 0 heterocycles. The van der Waals surface area contributed by atoms with Crippen molar-refractivity contribution < 1.29 is 0 Å². The van der Waals surface area contributed by atoms with Crippen LogP contribution in [0.2, 0.25) is 0 Å². The summed E-state index contributed by atoms with van der Waals surface area (Å²) >= 11 is 0. The maximum absolute atomic E-state index is 2.46. The van der Waals surface area contributed by atoms with Crippen LogP contribution >= 0.6 is 0 Å². The lowest BCUT2D eigenvalue weighted by molar-refractivity contribution is 0.661. The van der Waals surface area contributed by atoms with E-state index in [0.29, 0.717) is 0 Å². The molecular weight excluding hydrogens is 1300 g/mol. The van der Waals surface area contributed by atoms with Gasteiger partial charge in [-0.2, -0.15) is 0 Å². The molecule has 4 aliphatic rings. The Morgan fingerprint density at radius 1 is 0.185 bits per heavy atom. The lowest BCUT2D eigenvalue weighted by Gasteiger charge is -2.22. The highest BCUT2D eigenvalue weighted by molar-refractivity contribution is 6.14. The first kappa shape index (κ1) is 75.8. The van der Waals surface area contributed by atoms with E-state index in [4.69, 9.17) is 0 Å². The van der Waals surface area contributed by atoms with Gasteiger partial charge in [0.25, 0.3) is 0 Å². The first-order valence-electron chi connectivity index (χ1n) is 40.8. The molecule has 0 heteroatoms. The maximum Gasteiger partial charge on any atom is 0.0159 e. The molecule has 16 aromatic carbocycles. The Labute approximate surface area is 646 Å². The molecule has 0 saturated heterocycles. The molecule has 0 spiro atoms. The van der Waals surface area contributed by atoms with Crippen molar-refractivity contribution in [1.82, 2.24) is 0 Å². The summed E-state index contributed by atoms with van der Waals surface area (Å²) in [5.41, 5.74) is 28.7. The number of fused-ring (bicyclic) bond motifs is 24. The third-order valence-corrected chi connectivity index (χ3v) is 24.1. The molecule has 0 atom stereocenters. The Morgan fingerprint density at radius 2 is 0.491 bits per heavy atom. The van der Waals surface area contributed by atoms with E-state index in [9.17, 15) is 0 Å². The highest BCUT2D eigenvalue weighted by atomic mass is 14.4. The van der Waals surface area contributed by atoms with Gasteiger partial charge in [-0.15, -0.1) is 0 Å². The molecular formula is C108H112. The van der Waals surface area contributed by atoms with Crippen LogP contribution in [-0.4, -0.2) is 0 Å². The van der Waals surface area contributed by atoms with E-state index in [2.05, 4.69) is 350 Å². The molecule has 0 unspecified atom stereocenters. The van der Waals surface area contributed by atoms with E-state index in [0.717, 1.165) is 25.7 Å².